The maximum Gasteiger partial charge on any atom is 0.252 e. The number of rotatable bonds is 2. The van der Waals surface area contributed by atoms with E-state index in [2.05, 4.69) is 23.0 Å². The first-order valence-electron chi connectivity index (χ1n) is 7.03. The van der Waals surface area contributed by atoms with E-state index in [-0.39, 0.29) is 12.4 Å². The average Bonchev–Trinajstić information content (AvgIpc) is 2.96. The molecule has 0 saturated carbocycles. The van der Waals surface area contributed by atoms with Crippen LogP contribution >= 0.6 is 24.0 Å². The Labute approximate surface area is 142 Å². The van der Waals surface area contributed by atoms with Gasteiger partial charge in [0.05, 0.1) is 0 Å². The van der Waals surface area contributed by atoms with E-state index in [9.17, 15) is 4.79 Å². The fourth-order valence-electron chi connectivity index (χ4n) is 2.47. The average molecular weight is 339 g/mol. The third-order valence-corrected chi connectivity index (χ3v) is 3.81. The summed E-state index contributed by atoms with van der Waals surface area (Å²) in [4.78, 5) is 16.9. The molecule has 22 heavy (non-hydrogen) atoms. The lowest BCUT2D eigenvalue weighted by molar-refractivity contribution is 0.108. The molecule has 118 valence electrons. The van der Waals surface area contributed by atoms with Gasteiger partial charge in [-0.2, -0.15) is 0 Å². The zero-order valence-electron chi connectivity index (χ0n) is 12.5. The van der Waals surface area contributed by atoms with Gasteiger partial charge in [0, 0.05) is 24.0 Å². The van der Waals surface area contributed by atoms with Crippen molar-refractivity contribution < 1.29 is 4.79 Å². The summed E-state index contributed by atoms with van der Waals surface area (Å²) in [5.74, 6) is 0. The number of aromatic nitrogens is 1. The van der Waals surface area contributed by atoms with Crippen molar-refractivity contribution in [1.29, 1.82) is 0 Å². The maximum absolute atomic E-state index is 10.4. The zero-order chi connectivity index (χ0) is 15.1. The van der Waals surface area contributed by atoms with Gasteiger partial charge in [-0.05, 0) is 49.7 Å². The summed E-state index contributed by atoms with van der Waals surface area (Å²) in [5.41, 5.74) is 1.90. The highest BCUT2D eigenvalue weighted by atomic mass is 35.5. The molecule has 2 aromatic rings. The highest BCUT2D eigenvalue weighted by Gasteiger charge is 2.21. The smallest absolute Gasteiger partial charge is 0.252 e. The van der Waals surface area contributed by atoms with Gasteiger partial charge in [0.2, 0.25) is 0 Å². The van der Waals surface area contributed by atoms with Gasteiger partial charge in [0.1, 0.15) is 0 Å². The van der Waals surface area contributed by atoms with Crippen molar-refractivity contribution in [3.63, 3.8) is 0 Å². The van der Waals surface area contributed by atoms with E-state index in [1.807, 2.05) is 24.5 Å². The minimum Gasteiger partial charge on any atom is -0.299 e. The molecule has 1 aliphatic heterocycles. The summed E-state index contributed by atoms with van der Waals surface area (Å²) < 4.78 is 0. The van der Waals surface area contributed by atoms with Crippen LogP contribution in [0.4, 0.5) is 0 Å². The Morgan fingerprint density at radius 2 is 1.95 bits per heavy atom. The molecule has 0 N–H and O–H groups in total. The Kier molecular flexibility index (Phi) is 8.10. The lowest BCUT2D eigenvalue weighted by Gasteiger charge is -2.18. The summed E-state index contributed by atoms with van der Waals surface area (Å²) in [7, 11) is 2.19. The summed E-state index contributed by atoms with van der Waals surface area (Å²) in [6, 6.07) is 13.5. The number of hydrogen-bond acceptors (Lipinski definition) is 3. The highest BCUT2D eigenvalue weighted by Crippen LogP contribution is 2.29. The minimum absolute atomic E-state index is 0. The number of likely N-dealkylation sites (tertiary alicyclic amines) is 1. The molecule has 1 aromatic heterocycles. The molecule has 3 rings (SSSR count). The van der Waals surface area contributed by atoms with Crippen molar-refractivity contribution in [3.05, 3.63) is 66.0 Å². The Morgan fingerprint density at radius 3 is 2.41 bits per heavy atom. The molecule has 0 radical (unpaired) electrons. The van der Waals surface area contributed by atoms with Crippen LogP contribution in [0, 0.1) is 0 Å². The number of pyridine rings is 1. The van der Waals surface area contributed by atoms with Gasteiger partial charge in [-0.3, -0.25) is 14.7 Å². The predicted molar refractivity (Wildman–Crippen MR) is 92.7 cm³/mol. The summed E-state index contributed by atoms with van der Waals surface area (Å²) in [6.45, 7) is 1.22. The standard InChI is InChI=1S/C10H14N2.C7H5ClO.ClH/c1-12-7-3-5-10(12)9-4-2-6-11-8-9;8-7(9)6-4-2-1-3-5-6;/h2,4,6,8,10H,3,5,7H2,1H3;1-5H;1H/t10-;;/m0../s1. The predicted octanol–water partition coefficient (Wildman–Crippen LogP) is 4.34. The van der Waals surface area contributed by atoms with Crippen LogP contribution in [0.5, 0.6) is 0 Å². The Hall–Kier alpha value is -1.42. The molecule has 1 aliphatic rings. The van der Waals surface area contributed by atoms with Crippen LogP contribution in [0.25, 0.3) is 0 Å². The Morgan fingerprint density at radius 1 is 1.23 bits per heavy atom. The topological polar surface area (TPSA) is 33.2 Å². The Bertz CT molecular complexity index is 563. The fourth-order valence-corrected chi connectivity index (χ4v) is 2.60. The van der Waals surface area contributed by atoms with E-state index in [0.29, 0.717) is 11.6 Å². The van der Waals surface area contributed by atoms with Crippen LogP contribution < -0.4 is 0 Å². The number of benzene rings is 1. The van der Waals surface area contributed by atoms with Crippen LogP contribution in [0.1, 0.15) is 34.8 Å². The highest BCUT2D eigenvalue weighted by molar-refractivity contribution is 6.67. The van der Waals surface area contributed by atoms with Crippen LogP contribution in [0.15, 0.2) is 54.9 Å². The number of carbonyl (C=O) groups is 1. The van der Waals surface area contributed by atoms with E-state index < -0.39 is 5.24 Å². The second-order valence-electron chi connectivity index (χ2n) is 5.06. The van der Waals surface area contributed by atoms with E-state index >= 15 is 0 Å². The molecule has 2 heterocycles. The third kappa shape index (κ3) is 5.41. The molecular weight excluding hydrogens is 319 g/mol. The third-order valence-electron chi connectivity index (χ3n) is 3.59. The van der Waals surface area contributed by atoms with Gasteiger partial charge in [-0.1, -0.05) is 36.4 Å². The number of hydrogen-bond donors (Lipinski definition) is 0. The maximum atomic E-state index is 10.4. The molecule has 1 fully saturated rings. The van der Waals surface area contributed by atoms with Crippen molar-refractivity contribution in [3.8, 4) is 0 Å². The molecule has 0 aliphatic carbocycles. The second-order valence-corrected chi connectivity index (χ2v) is 5.41. The van der Waals surface area contributed by atoms with Crippen LogP contribution in [-0.2, 0) is 0 Å². The molecule has 3 nitrogen and oxygen atoms in total. The molecule has 0 bridgehead atoms. The first-order chi connectivity index (χ1) is 10.2. The molecule has 0 amide bonds. The molecule has 0 spiro atoms. The number of nitrogens with zero attached hydrogens (tertiary/aromatic N) is 2. The van der Waals surface area contributed by atoms with Crippen molar-refractivity contribution in [1.82, 2.24) is 9.88 Å². The van der Waals surface area contributed by atoms with Crippen molar-refractivity contribution in [2.24, 2.45) is 0 Å². The van der Waals surface area contributed by atoms with Crippen LogP contribution in [0.3, 0.4) is 0 Å². The van der Waals surface area contributed by atoms with E-state index in [1.165, 1.54) is 24.9 Å². The largest absolute Gasteiger partial charge is 0.299 e. The van der Waals surface area contributed by atoms with E-state index in [1.54, 1.807) is 24.3 Å². The summed E-state index contributed by atoms with van der Waals surface area (Å²) in [6.07, 6.45) is 6.41. The lowest BCUT2D eigenvalue weighted by atomic mass is 10.1. The monoisotopic (exact) mass is 338 g/mol. The van der Waals surface area contributed by atoms with Gasteiger partial charge in [-0.15, -0.1) is 12.4 Å². The molecule has 1 atom stereocenters. The first-order valence-corrected chi connectivity index (χ1v) is 7.41. The van der Waals surface area contributed by atoms with Gasteiger partial charge >= 0.3 is 0 Å². The minimum atomic E-state index is -0.407. The quantitative estimate of drug-likeness (QED) is 0.764. The molecule has 1 saturated heterocycles. The van der Waals surface area contributed by atoms with Crippen molar-refractivity contribution >= 4 is 29.3 Å². The van der Waals surface area contributed by atoms with Crippen LogP contribution in [-0.4, -0.2) is 28.7 Å². The van der Waals surface area contributed by atoms with E-state index in [4.69, 9.17) is 11.6 Å². The lowest BCUT2D eigenvalue weighted by Crippen LogP contribution is -2.17. The van der Waals surface area contributed by atoms with Gasteiger partial charge in [-0.25, -0.2) is 0 Å². The SMILES string of the molecule is CN1CCC[C@H]1c1cccnc1.Cl.O=C(Cl)c1ccccc1. The summed E-state index contributed by atoms with van der Waals surface area (Å²) >= 11 is 5.16. The number of halogens is 2. The first kappa shape index (κ1) is 18.6. The van der Waals surface area contributed by atoms with Gasteiger partial charge in [0.15, 0.2) is 0 Å². The van der Waals surface area contributed by atoms with E-state index in [0.717, 1.165) is 0 Å². The molecular formula is C17H20Cl2N2O. The van der Waals surface area contributed by atoms with Crippen molar-refractivity contribution in [2.45, 2.75) is 18.9 Å². The molecule has 5 heteroatoms. The van der Waals surface area contributed by atoms with Crippen LogP contribution in [0.2, 0.25) is 0 Å². The molecule has 1 aromatic carbocycles. The van der Waals surface area contributed by atoms with Gasteiger partial charge in [0.25, 0.3) is 5.24 Å². The van der Waals surface area contributed by atoms with Crippen molar-refractivity contribution in [2.75, 3.05) is 13.6 Å². The zero-order valence-corrected chi connectivity index (χ0v) is 14.1. The Balaban J connectivity index is 0.000000219. The van der Waals surface area contributed by atoms with Gasteiger partial charge < -0.3 is 0 Å². The normalized spacial score (nSPS) is 17.1. The fraction of sp³-hybridized carbons (Fsp3) is 0.294. The second kappa shape index (κ2) is 9.57. The number of carbonyl (C=O) groups excluding carboxylic acids is 1. The molecule has 0 unspecified atom stereocenters. The summed E-state index contributed by atoms with van der Waals surface area (Å²) in [5, 5.41) is -0.407.